The van der Waals surface area contributed by atoms with Crippen LogP contribution in [0.5, 0.6) is 0 Å². The van der Waals surface area contributed by atoms with E-state index in [4.69, 9.17) is 5.73 Å². The monoisotopic (exact) mass is 323 g/mol. The predicted octanol–water partition coefficient (Wildman–Crippen LogP) is 2.93. The quantitative estimate of drug-likeness (QED) is 0.941. The highest BCUT2D eigenvalue weighted by atomic mass is 35.5. The number of hydrogen-bond acceptors (Lipinski definition) is 3. The van der Waals surface area contributed by atoms with Gasteiger partial charge < -0.3 is 10.6 Å². The van der Waals surface area contributed by atoms with E-state index >= 15 is 0 Å². The lowest BCUT2D eigenvalue weighted by atomic mass is 10.1. The maximum absolute atomic E-state index is 13.8. The first kappa shape index (κ1) is 18.1. The number of rotatable bonds is 4. The molecule has 2 rings (SSSR count). The van der Waals surface area contributed by atoms with E-state index < -0.39 is 0 Å². The molecule has 0 aliphatic carbocycles. The topological polar surface area (TPSA) is 59.2 Å². The molecule has 0 saturated carbocycles. The Morgan fingerprint density at radius 3 is 2.68 bits per heavy atom. The Morgan fingerprint density at radius 1 is 1.36 bits per heavy atom. The summed E-state index contributed by atoms with van der Waals surface area (Å²) in [7, 11) is 1.65. The van der Waals surface area contributed by atoms with Gasteiger partial charge in [-0.3, -0.25) is 9.78 Å². The fraction of sp³-hybridized carbons (Fsp3) is 0.250. The van der Waals surface area contributed by atoms with Crippen molar-refractivity contribution in [2.75, 3.05) is 7.05 Å². The Labute approximate surface area is 135 Å². The lowest BCUT2D eigenvalue weighted by Crippen LogP contribution is -2.30. The molecule has 0 radical (unpaired) electrons. The van der Waals surface area contributed by atoms with Crippen LogP contribution in [-0.4, -0.2) is 22.8 Å². The maximum atomic E-state index is 13.8. The molecule has 0 aliphatic heterocycles. The van der Waals surface area contributed by atoms with Crippen molar-refractivity contribution in [1.29, 1.82) is 0 Å². The van der Waals surface area contributed by atoms with Gasteiger partial charge in [-0.2, -0.15) is 0 Å². The van der Waals surface area contributed by atoms with Gasteiger partial charge in [-0.25, -0.2) is 4.39 Å². The van der Waals surface area contributed by atoms with Crippen molar-refractivity contribution in [3.05, 3.63) is 65.2 Å². The maximum Gasteiger partial charge on any atom is 0.254 e. The molecule has 1 aromatic carbocycles. The summed E-state index contributed by atoms with van der Waals surface area (Å²) in [5.74, 6) is -0.509. The SMILES string of the molecule is CC(c1ccccc1F)N(C)C(=O)c1ccnc(CN)c1.Cl. The Kier molecular flexibility index (Phi) is 6.46. The number of carbonyl (C=O) groups excluding carboxylic acids is 1. The molecule has 0 fully saturated rings. The van der Waals surface area contributed by atoms with Gasteiger partial charge in [0.05, 0.1) is 11.7 Å². The zero-order valence-electron chi connectivity index (χ0n) is 12.5. The second-order valence-corrected chi connectivity index (χ2v) is 4.85. The summed E-state index contributed by atoms with van der Waals surface area (Å²) < 4.78 is 13.8. The van der Waals surface area contributed by atoms with Gasteiger partial charge in [0.1, 0.15) is 5.82 Å². The lowest BCUT2D eigenvalue weighted by Gasteiger charge is -2.25. The molecule has 22 heavy (non-hydrogen) atoms. The largest absolute Gasteiger partial charge is 0.335 e. The van der Waals surface area contributed by atoms with E-state index in [0.717, 1.165) is 0 Å². The highest BCUT2D eigenvalue weighted by Crippen LogP contribution is 2.23. The summed E-state index contributed by atoms with van der Waals surface area (Å²) >= 11 is 0. The Hall–Kier alpha value is -1.98. The molecule has 1 atom stereocenters. The number of pyridine rings is 1. The molecule has 4 nitrogen and oxygen atoms in total. The molecule has 1 amide bonds. The van der Waals surface area contributed by atoms with Crippen LogP contribution in [0.3, 0.4) is 0 Å². The van der Waals surface area contributed by atoms with E-state index in [0.29, 0.717) is 16.8 Å². The first-order chi connectivity index (χ1) is 10.0. The van der Waals surface area contributed by atoms with Gasteiger partial charge >= 0.3 is 0 Å². The molecular formula is C16H19ClFN3O. The number of hydrogen-bond donors (Lipinski definition) is 1. The fourth-order valence-corrected chi connectivity index (χ4v) is 2.12. The average Bonchev–Trinajstić information content (AvgIpc) is 2.53. The number of amides is 1. The highest BCUT2D eigenvalue weighted by Gasteiger charge is 2.21. The minimum absolute atomic E-state index is 0. The van der Waals surface area contributed by atoms with Crippen LogP contribution in [0.15, 0.2) is 42.6 Å². The van der Waals surface area contributed by atoms with E-state index in [1.807, 2.05) is 0 Å². The molecule has 0 bridgehead atoms. The van der Waals surface area contributed by atoms with E-state index in [1.165, 1.54) is 11.0 Å². The molecular weight excluding hydrogens is 305 g/mol. The molecule has 2 aromatic rings. The second-order valence-electron chi connectivity index (χ2n) is 4.85. The van der Waals surface area contributed by atoms with Crippen LogP contribution >= 0.6 is 12.4 Å². The number of aromatic nitrogens is 1. The second kappa shape index (κ2) is 7.87. The lowest BCUT2D eigenvalue weighted by molar-refractivity contribution is 0.0740. The van der Waals surface area contributed by atoms with Crippen LogP contribution < -0.4 is 5.73 Å². The summed E-state index contributed by atoms with van der Waals surface area (Å²) in [6, 6.07) is 9.38. The van der Waals surface area contributed by atoms with Gasteiger partial charge in [0, 0.05) is 30.9 Å². The van der Waals surface area contributed by atoms with Gasteiger partial charge in [-0.15, -0.1) is 12.4 Å². The minimum atomic E-state index is -0.367. The van der Waals surface area contributed by atoms with E-state index in [2.05, 4.69) is 4.98 Å². The zero-order valence-corrected chi connectivity index (χ0v) is 13.3. The average molecular weight is 324 g/mol. The molecule has 0 aliphatic rings. The van der Waals surface area contributed by atoms with Crippen LogP contribution in [0.4, 0.5) is 4.39 Å². The predicted molar refractivity (Wildman–Crippen MR) is 86.3 cm³/mol. The Bertz CT molecular complexity index is 651. The van der Waals surface area contributed by atoms with Gasteiger partial charge in [-0.05, 0) is 25.1 Å². The van der Waals surface area contributed by atoms with E-state index in [-0.39, 0.29) is 36.7 Å². The first-order valence-electron chi connectivity index (χ1n) is 6.71. The number of nitrogens with two attached hydrogens (primary N) is 1. The van der Waals surface area contributed by atoms with Crippen molar-refractivity contribution in [2.24, 2.45) is 5.73 Å². The van der Waals surface area contributed by atoms with Crippen molar-refractivity contribution >= 4 is 18.3 Å². The van der Waals surface area contributed by atoms with Crippen molar-refractivity contribution in [1.82, 2.24) is 9.88 Å². The van der Waals surface area contributed by atoms with Crippen molar-refractivity contribution in [2.45, 2.75) is 19.5 Å². The molecule has 1 heterocycles. The summed E-state index contributed by atoms with van der Waals surface area (Å²) in [5, 5.41) is 0. The van der Waals surface area contributed by atoms with E-state index in [1.54, 1.807) is 50.5 Å². The number of benzene rings is 1. The molecule has 118 valence electrons. The standard InChI is InChI=1S/C16H18FN3O.ClH/c1-11(14-5-3-4-6-15(14)17)20(2)16(21)12-7-8-19-13(9-12)10-18;/h3-9,11H,10,18H2,1-2H3;1H. The van der Waals surface area contributed by atoms with Gasteiger partial charge in [-0.1, -0.05) is 18.2 Å². The third kappa shape index (κ3) is 3.81. The number of halogens is 2. The number of carbonyl (C=O) groups is 1. The minimum Gasteiger partial charge on any atom is -0.335 e. The summed E-state index contributed by atoms with van der Waals surface area (Å²) in [5.41, 5.74) is 7.16. The Morgan fingerprint density at radius 2 is 2.05 bits per heavy atom. The van der Waals surface area contributed by atoms with Crippen LogP contribution in [0.25, 0.3) is 0 Å². The summed E-state index contributed by atoms with van der Waals surface area (Å²) in [6.07, 6.45) is 1.55. The van der Waals surface area contributed by atoms with Crippen LogP contribution in [0.2, 0.25) is 0 Å². The van der Waals surface area contributed by atoms with Crippen molar-refractivity contribution < 1.29 is 9.18 Å². The highest BCUT2D eigenvalue weighted by molar-refractivity contribution is 5.94. The van der Waals surface area contributed by atoms with E-state index in [9.17, 15) is 9.18 Å². The Balaban J connectivity index is 0.00000242. The first-order valence-corrected chi connectivity index (χ1v) is 6.71. The van der Waals surface area contributed by atoms with Crippen LogP contribution in [0.1, 0.15) is 34.6 Å². The third-order valence-electron chi connectivity index (χ3n) is 3.53. The normalized spacial score (nSPS) is 11.5. The number of nitrogens with zero attached hydrogens (tertiary/aromatic N) is 2. The molecule has 1 unspecified atom stereocenters. The van der Waals surface area contributed by atoms with Crippen molar-refractivity contribution in [3.63, 3.8) is 0 Å². The third-order valence-corrected chi connectivity index (χ3v) is 3.53. The molecule has 6 heteroatoms. The molecule has 2 N–H and O–H groups in total. The molecule has 0 saturated heterocycles. The van der Waals surface area contributed by atoms with Crippen LogP contribution in [-0.2, 0) is 6.54 Å². The van der Waals surface area contributed by atoms with Gasteiger partial charge in [0.15, 0.2) is 0 Å². The van der Waals surface area contributed by atoms with Gasteiger partial charge in [0.2, 0.25) is 0 Å². The molecule has 1 aromatic heterocycles. The fourth-order valence-electron chi connectivity index (χ4n) is 2.12. The van der Waals surface area contributed by atoms with Gasteiger partial charge in [0.25, 0.3) is 5.91 Å². The van der Waals surface area contributed by atoms with Crippen molar-refractivity contribution in [3.8, 4) is 0 Å². The summed E-state index contributed by atoms with van der Waals surface area (Å²) in [4.78, 5) is 18.0. The zero-order chi connectivity index (χ0) is 15.4. The summed E-state index contributed by atoms with van der Waals surface area (Å²) in [6.45, 7) is 2.06. The van der Waals surface area contributed by atoms with Crippen LogP contribution in [0, 0.1) is 5.82 Å². The molecule has 0 spiro atoms. The smallest absolute Gasteiger partial charge is 0.254 e.